The Morgan fingerprint density at radius 3 is 2.92 bits per heavy atom. The lowest BCUT2D eigenvalue weighted by Crippen LogP contribution is -2.02. The lowest BCUT2D eigenvalue weighted by molar-refractivity contribution is 0.364. The van der Waals surface area contributed by atoms with Gasteiger partial charge in [-0.3, -0.25) is 0 Å². The number of nitrogens with zero attached hydrogens (tertiary/aromatic N) is 1. The first kappa shape index (κ1) is 9.56. The number of hydrogen-bond donors (Lipinski definition) is 1. The Kier molecular flexibility index (Phi) is 3.30. The molecule has 3 heteroatoms. The Morgan fingerprint density at radius 2 is 2.31 bits per heavy atom. The van der Waals surface area contributed by atoms with Crippen molar-refractivity contribution >= 4 is 0 Å². The lowest BCUT2D eigenvalue weighted by atomic mass is 10.1. The molecule has 0 aromatic heterocycles. The molecule has 0 aliphatic heterocycles. The van der Waals surface area contributed by atoms with Crippen molar-refractivity contribution in [2.75, 3.05) is 6.61 Å². The van der Waals surface area contributed by atoms with Crippen LogP contribution < -0.4 is 10.5 Å². The first-order valence-electron chi connectivity index (χ1n) is 4.07. The van der Waals surface area contributed by atoms with E-state index in [-0.39, 0.29) is 6.61 Å². The Balaban J connectivity index is 2.89. The Bertz CT molecular complexity index is 328. The number of ether oxygens (including phenoxy) is 1. The molecule has 1 rings (SSSR count). The first-order valence-corrected chi connectivity index (χ1v) is 4.07. The van der Waals surface area contributed by atoms with Gasteiger partial charge in [0.25, 0.3) is 0 Å². The van der Waals surface area contributed by atoms with Crippen molar-refractivity contribution in [3.05, 3.63) is 29.3 Å². The fourth-order valence-corrected chi connectivity index (χ4v) is 1.07. The van der Waals surface area contributed by atoms with Crippen molar-refractivity contribution in [1.29, 1.82) is 5.26 Å². The summed E-state index contributed by atoms with van der Waals surface area (Å²) in [6, 6.07) is 7.70. The van der Waals surface area contributed by atoms with E-state index in [1.54, 1.807) is 0 Å². The highest BCUT2D eigenvalue weighted by atomic mass is 16.5. The van der Waals surface area contributed by atoms with E-state index < -0.39 is 0 Å². The summed E-state index contributed by atoms with van der Waals surface area (Å²) in [5, 5.41) is 8.35. The number of benzene rings is 1. The van der Waals surface area contributed by atoms with Crippen LogP contribution in [-0.2, 0) is 6.54 Å². The summed E-state index contributed by atoms with van der Waals surface area (Å²) in [6.07, 6.45) is 0. The van der Waals surface area contributed by atoms with Crippen molar-refractivity contribution in [3.63, 3.8) is 0 Å². The monoisotopic (exact) mass is 176 g/mol. The second kappa shape index (κ2) is 4.48. The summed E-state index contributed by atoms with van der Waals surface area (Å²) in [5.41, 5.74) is 7.54. The van der Waals surface area contributed by atoms with Gasteiger partial charge in [0.1, 0.15) is 11.8 Å². The van der Waals surface area contributed by atoms with E-state index in [9.17, 15) is 0 Å². The van der Waals surface area contributed by atoms with Gasteiger partial charge in [-0.1, -0.05) is 12.1 Å². The van der Waals surface area contributed by atoms with Gasteiger partial charge in [0.2, 0.25) is 0 Å². The number of nitrogens with two attached hydrogens (primary N) is 1. The standard InChI is InChI=1S/C10H12N2O/c1-8-2-3-9(7-12)10(6-8)13-5-4-11/h2-3,6H,5,7,12H2,1H3. The molecule has 0 saturated heterocycles. The topological polar surface area (TPSA) is 59.0 Å². The number of nitriles is 1. The number of aryl methyl sites for hydroxylation is 1. The molecule has 2 N–H and O–H groups in total. The van der Waals surface area contributed by atoms with E-state index in [0.29, 0.717) is 12.3 Å². The third-order valence-corrected chi connectivity index (χ3v) is 1.73. The van der Waals surface area contributed by atoms with Crippen LogP contribution in [0.3, 0.4) is 0 Å². The van der Waals surface area contributed by atoms with Gasteiger partial charge in [0.05, 0.1) is 0 Å². The molecule has 1 aromatic carbocycles. The van der Waals surface area contributed by atoms with Crippen LogP contribution in [0.1, 0.15) is 11.1 Å². The van der Waals surface area contributed by atoms with Crippen LogP contribution in [0, 0.1) is 18.3 Å². The maximum absolute atomic E-state index is 8.35. The molecule has 0 heterocycles. The molecule has 0 aliphatic carbocycles. The fraction of sp³-hybridized carbons (Fsp3) is 0.300. The molecular weight excluding hydrogens is 164 g/mol. The molecule has 68 valence electrons. The van der Waals surface area contributed by atoms with Gasteiger partial charge < -0.3 is 10.5 Å². The van der Waals surface area contributed by atoms with Crippen LogP contribution in [0.25, 0.3) is 0 Å². The van der Waals surface area contributed by atoms with Gasteiger partial charge in [-0.2, -0.15) is 5.26 Å². The van der Waals surface area contributed by atoms with E-state index in [1.807, 2.05) is 31.2 Å². The molecule has 13 heavy (non-hydrogen) atoms. The zero-order chi connectivity index (χ0) is 9.68. The normalized spacial score (nSPS) is 9.31. The summed E-state index contributed by atoms with van der Waals surface area (Å²) in [4.78, 5) is 0. The molecular formula is C10H12N2O. The Hall–Kier alpha value is -1.53. The predicted octanol–water partition coefficient (Wildman–Crippen LogP) is 1.36. The molecule has 0 atom stereocenters. The van der Waals surface area contributed by atoms with E-state index >= 15 is 0 Å². The molecule has 0 fully saturated rings. The molecule has 0 radical (unpaired) electrons. The van der Waals surface area contributed by atoms with Crippen molar-refractivity contribution in [2.24, 2.45) is 5.73 Å². The summed E-state index contributed by atoms with van der Waals surface area (Å²) >= 11 is 0. The predicted molar refractivity (Wildman–Crippen MR) is 50.2 cm³/mol. The SMILES string of the molecule is Cc1ccc(CN)c(OCC#N)c1. The van der Waals surface area contributed by atoms with Crippen LogP contribution in [0.15, 0.2) is 18.2 Å². The maximum atomic E-state index is 8.35. The van der Waals surface area contributed by atoms with Crippen LogP contribution in [0.5, 0.6) is 5.75 Å². The van der Waals surface area contributed by atoms with Crippen molar-refractivity contribution < 1.29 is 4.74 Å². The van der Waals surface area contributed by atoms with Gasteiger partial charge in [-0.25, -0.2) is 0 Å². The van der Waals surface area contributed by atoms with Crippen molar-refractivity contribution in [3.8, 4) is 11.8 Å². The van der Waals surface area contributed by atoms with Gasteiger partial charge in [-0.05, 0) is 18.6 Å². The van der Waals surface area contributed by atoms with Gasteiger partial charge >= 0.3 is 0 Å². The van der Waals surface area contributed by atoms with Gasteiger partial charge in [0, 0.05) is 12.1 Å². The highest BCUT2D eigenvalue weighted by Crippen LogP contribution is 2.19. The summed E-state index contributed by atoms with van der Waals surface area (Å²) in [5.74, 6) is 0.712. The van der Waals surface area contributed by atoms with E-state index in [0.717, 1.165) is 11.1 Å². The maximum Gasteiger partial charge on any atom is 0.174 e. The average molecular weight is 176 g/mol. The highest BCUT2D eigenvalue weighted by molar-refractivity contribution is 5.37. The summed E-state index contributed by atoms with van der Waals surface area (Å²) in [7, 11) is 0. The van der Waals surface area contributed by atoms with E-state index in [1.165, 1.54) is 0 Å². The third kappa shape index (κ3) is 2.46. The number of hydrogen-bond acceptors (Lipinski definition) is 3. The van der Waals surface area contributed by atoms with Crippen molar-refractivity contribution in [1.82, 2.24) is 0 Å². The molecule has 0 saturated carbocycles. The quantitative estimate of drug-likeness (QED) is 0.756. The van der Waals surface area contributed by atoms with Crippen LogP contribution >= 0.6 is 0 Å². The fourth-order valence-electron chi connectivity index (χ4n) is 1.07. The third-order valence-electron chi connectivity index (χ3n) is 1.73. The summed E-state index contributed by atoms with van der Waals surface area (Å²) < 4.78 is 5.22. The van der Waals surface area contributed by atoms with E-state index in [4.69, 9.17) is 15.7 Å². The largest absolute Gasteiger partial charge is 0.478 e. The second-order valence-electron chi connectivity index (χ2n) is 2.76. The zero-order valence-corrected chi connectivity index (χ0v) is 7.58. The average Bonchev–Trinajstić information content (AvgIpc) is 2.15. The lowest BCUT2D eigenvalue weighted by Gasteiger charge is -2.07. The Labute approximate surface area is 77.7 Å². The molecule has 0 unspecified atom stereocenters. The zero-order valence-electron chi connectivity index (χ0n) is 7.58. The second-order valence-corrected chi connectivity index (χ2v) is 2.76. The minimum atomic E-state index is 0.0659. The van der Waals surface area contributed by atoms with Crippen molar-refractivity contribution in [2.45, 2.75) is 13.5 Å². The smallest absolute Gasteiger partial charge is 0.174 e. The van der Waals surface area contributed by atoms with Crippen LogP contribution in [-0.4, -0.2) is 6.61 Å². The summed E-state index contributed by atoms with van der Waals surface area (Å²) in [6.45, 7) is 2.47. The van der Waals surface area contributed by atoms with Crippen LogP contribution in [0.2, 0.25) is 0 Å². The van der Waals surface area contributed by atoms with Gasteiger partial charge in [0.15, 0.2) is 6.61 Å². The van der Waals surface area contributed by atoms with E-state index in [2.05, 4.69) is 0 Å². The molecule has 0 bridgehead atoms. The molecule has 0 aliphatic rings. The molecule has 1 aromatic rings. The first-order chi connectivity index (χ1) is 6.27. The van der Waals surface area contributed by atoms with Crippen LogP contribution in [0.4, 0.5) is 0 Å². The van der Waals surface area contributed by atoms with Gasteiger partial charge in [-0.15, -0.1) is 0 Å². The number of rotatable bonds is 3. The molecule has 0 spiro atoms. The highest BCUT2D eigenvalue weighted by Gasteiger charge is 2.01. The Morgan fingerprint density at radius 1 is 1.54 bits per heavy atom. The minimum absolute atomic E-state index is 0.0659. The molecule has 3 nitrogen and oxygen atoms in total. The minimum Gasteiger partial charge on any atom is -0.478 e. The molecule has 0 amide bonds.